The highest BCUT2D eigenvalue weighted by atomic mass is 16.6. The highest BCUT2D eigenvalue weighted by Gasteiger charge is 2.14. The Morgan fingerprint density at radius 3 is 2.21 bits per heavy atom. The fourth-order valence-electron chi connectivity index (χ4n) is 3.58. The number of carbonyl (C=O) groups excluding carboxylic acids is 1. The molecule has 1 aromatic carbocycles. The van der Waals surface area contributed by atoms with E-state index in [2.05, 4.69) is 10.6 Å². The van der Waals surface area contributed by atoms with Crippen LogP contribution in [0.5, 0.6) is 0 Å². The topological polar surface area (TPSA) is 108 Å². The molecule has 0 atom stereocenters. The minimum Gasteiger partial charge on any atom is -0.387 e. The van der Waals surface area contributed by atoms with Crippen LogP contribution in [0.2, 0.25) is 0 Å². The molecule has 1 amide bonds. The number of hydrogen-bond acceptors (Lipinski definition) is 5. The third-order valence-electron chi connectivity index (χ3n) is 5.25. The molecule has 29 heavy (non-hydrogen) atoms. The minimum atomic E-state index is -0.575. The number of benzene rings is 1. The Morgan fingerprint density at radius 1 is 1.07 bits per heavy atom. The molecule has 1 aromatic rings. The largest absolute Gasteiger partial charge is 0.387 e. The molecule has 1 aliphatic rings. The maximum absolute atomic E-state index is 12.4. The quantitative estimate of drug-likeness (QED) is 0.306. The fourth-order valence-corrected chi connectivity index (χ4v) is 3.58. The molecular formula is C22H30N4O3. The number of nitrogens with zero attached hydrogens (tertiary/aromatic N) is 2. The Morgan fingerprint density at radius 2 is 1.66 bits per heavy atom. The molecule has 0 saturated heterocycles. The van der Waals surface area contributed by atoms with Crippen LogP contribution in [0.3, 0.4) is 0 Å². The van der Waals surface area contributed by atoms with E-state index in [0.29, 0.717) is 0 Å². The molecule has 2 N–H and O–H groups in total. The zero-order chi connectivity index (χ0) is 20.9. The van der Waals surface area contributed by atoms with Crippen molar-refractivity contribution in [2.45, 2.75) is 76.7 Å². The first-order valence-electron chi connectivity index (χ1n) is 10.5. The van der Waals surface area contributed by atoms with Crippen LogP contribution in [0, 0.1) is 21.4 Å². The van der Waals surface area contributed by atoms with Crippen LogP contribution < -0.4 is 10.6 Å². The number of hydrogen-bond donors (Lipinski definition) is 2. The van der Waals surface area contributed by atoms with Crippen LogP contribution in [-0.2, 0) is 4.79 Å². The van der Waals surface area contributed by atoms with Crippen molar-refractivity contribution in [2.75, 3.05) is 5.32 Å². The molecule has 1 saturated carbocycles. The number of carbonyl (C=O) groups is 1. The number of nitro benzene ring substituents is 1. The summed E-state index contributed by atoms with van der Waals surface area (Å²) >= 11 is 0. The second-order valence-corrected chi connectivity index (χ2v) is 7.55. The van der Waals surface area contributed by atoms with Crippen LogP contribution >= 0.6 is 0 Å². The zero-order valence-corrected chi connectivity index (χ0v) is 16.9. The Balaban J connectivity index is 1.95. The molecule has 7 heteroatoms. The summed E-state index contributed by atoms with van der Waals surface area (Å²) in [6, 6.07) is 7.84. The van der Waals surface area contributed by atoms with Crippen LogP contribution in [0.1, 0.15) is 70.6 Å². The first kappa shape index (κ1) is 22.4. The van der Waals surface area contributed by atoms with E-state index in [0.717, 1.165) is 25.7 Å². The minimum absolute atomic E-state index is 0.0392. The van der Waals surface area contributed by atoms with Gasteiger partial charge in [-0.2, -0.15) is 5.26 Å². The van der Waals surface area contributed by atoms with Crippen molar-refractivity contribution in [3.05, 3.63) is 46.2 Å². The predicted octanol–water partition coefficient (Wildman–Crippen LogP) is 5.20. The lowest BCUT2D eigenvalue weighted by Gasteiger charge is -2.18. The van der Waals surface area contributed by atoms with E-state index in [-0.39, 0.29) is 23.0 Å². The monoisotopic (exact) mass is 398 g/mol. The third kappa shape index (κ3) is 8.34. The van der Waals surface area contributed by atoms with E-state index < -0.39 is 10.8 Å². The van der Waals surface area contributed by atoms with Crippen molar-refractivity contribution < 1.29 is 9.72 Å². The van der Waals surface area contributed by atoms with Crippen molar-refractivity contribution >= 4 is 17.3 Å². The molecule has 2 rings (SSSR count). The average Bonchev–Trinajstić information content (AvgIpc) is 2.70. The van der Waals surface area contributed by atoms with Crippen molar-refractivity contribution in [3.8, 4) is 6.07 Å². The lowest BCUT2D eigenvalue weighted by molar-refractivity contribution is -0.384. The SMILES string of the molecule is N#C/C(=C/NC1CCCCCCCCCCC1)C(=O)Nc1cccc([N+](=O)[O-])c1. The lowest BCUT2D eigenvalue weighted by atomic mass is 9.98. The van der Waals surface area contributed by atoms with Gasteiger partial charge in [0.15, 0.2) is 0 Å². The van der Waals surface area contributed by atoms with Crippen LogP contribution in [0.4, 0.5) is 11.4 Å². The van der Waals surface area contributed by atoms with E-state index in [9.17, 15) is 20.2 Å². The Bertz CT molecular complexity index is 743. The van der Waals surface area contributed by atoms with Crippen molar-refractivity contribution in [2.24, 2.45) is 0 Å². The highest BCUT2D eigenvalue weighted by molar-refractivity contribution is 6.06. The number of amides is 1. The Labute approximate surface area is 172 Å². The molecule has 0 aliphatic heterocycles. The molecule has 1 fully saturated rings. The lowest BCUT2D eigenvalue weighted by Crippen LogP contribution is -2.26. The number of rotatable bonds is 5. The highest BCUT2D eigenvalue weighted by Crippen LogP contribution is 2.19. The summed E-state index contributed by atoms with van der Waals surface area (Å²) < 4.78 is 0. The summed E-state index contributed by atoms with van der Waals surface area (Å²) in [6.45, 7) is 0. The van der Waals surface area contributed by atoms with Gasteiger partial charge in [0.05, 0.1) is 4.92 Å². The van der Waals surface area contributed by atoms with Crippen LogP contribution in [-0.4, -0.2) is 16.9 Å². The summed E-state index contributed by atoms with van der Waals surface area (Å²) in [5.74, 6) is -0.575. The summed E-state index contributed by atoms with van der Waals surface area (Å²) in [7, 11) is 0. The molecule has 0 heterocycles. The molecule has 0 radical (unpaired) electrons. The van der Waals surface area contributed by atoms with Gasteiger partial charge in [0.2, 0.25) is 0 Å². The van der Waals surface area contributed by atoms with Gasteiger partial charge in [-0.15, -0.1) is 0 Å². The van der Waals surface area contributed by atoms with E-state index in [4.69, 9.17) is 0 Å². The summed E-state index contributed by atoms with van der Waals surface area (Å²) in [6.07, 6.45) is 14.8. The van der Waals surface area contributed by atoms with Gasteiger partial charge < -0.3 is 10.6 Å². The van der Waals surface area contributed by atoms with E-state index >= 15 is 0 Å². The molecule has 7 nitrogen and oxygen atoms in total. The molecule has 0 unspecified atom stereocenters. The van der Waals surface area contributed by atoms with Gasteiger partial charge in [0.25, 0.3) is 11.6 Å². The second kappa shape index (κ2) is 12.6. The van der Waals surface area contributed by atoms with E-state index in [1.54, 1.807) is 6.07 Å². The Kier molecular flexibility index (Phi) is 9.70. The van der Waals surface area contributed by atoms with Gasteiger partial charge in [-0.1, -0.05) is 63.9 Å². The number of nitrogens with one attached hydrogen (secondary N) is 2. The first-order valence-corrected chi connectivity index (χ1v) is 10.5. The number of nitriles is 1. The molecule has 1 aliphatic carbocycles. The normalized spacial score (nSPS) is 17.3. The third-order valence-corrected chi connectivity index (χ3v) is 5.25. The molecule has 0 spiro atoms. The van der Waals surface area contributed by atoms with Gasteiger partial charge in [0.1, 0.15) is 11.6 Å². The van der Waals surface area contributed by atoms with Gasteiger partial charge >= 0.3 is 0 Å². The van der Waals surface area contributed by atoms with Gasteiger partial charge in [0, 0.05) is 30.1 Å². The standard InChI is InChI=1S/C22H30N4O3/c23-16-18(22(27)25-20-13-10-14-21(15-20)26(28)29)17-24-19-11-8-6-4-2-1-3-5-7-9-12-19/h10,13-15,17,19,24H,1-9,11-12H2,(H,25,27)/b18-17-. The predicted molar refractivity (Wildman–Crippen MR) is 113 cm³/mol. The number of non-ortho nitro benzene ring substituents is 1. The van der Waals surface area contributed by atoms with Crippen molar-refractivity contribution in [1.29, 1.82) is 5.26 Å². The first-order chi connectivity index (χ1) is 14.1. The summed E-state index contributed by atoms with van der Waals surface area (Å²) in [4.78, 5) is 22.7. The zero-order valence-electron chi connectivity index (χ0n) is 16.9. The molecule has 156 valence electrons. The fraction of sp³-hybridized carbons (Fsp3) is 0.545. The number of anilines is 1. The van der Waals surface area contributed by atoms with Gasteiger partial charge in [-0.25, -0.2) is 0 Å². The average molecular weight is 399 g/mol. The molecule has 0 aromatic heterocycles. The maximum atomic E-state index is 12.4. The van der Waals surface area contributed by atoms with Crippen molar-refractivity contribution in [3.63, 3.8) is 0 Å². The van der Waals surface area contributed by atoms with Crippen LogP contribution in [0.25, 0.3) is 0 Å². The summed E-state index contributed by atoms with van der Waals surface area (Å²) in [5, 5.41) is 26.1. The van der Waals surface area contributed by atoms with E-state index in [1.807, 2.05) is 6.07 Å². The second-order valence-electron chi connectivity index (χ2n) is 7.55. The number of nitro groups is 1. The van der Waals surface area contributed by atoms with Gasteiger partial charge in [-0.3, -0.25) is 14.9 Å². The van der Waals surface area contributed by atoms with Gasteiger partial charge in [-0.05, 0) is 18.9 Å². The smallest absolute Gasteiger partial charge is 0.271 e. The van der Waals surface area contributed by atoms with Crippen LogP contribution in [0.15, 0.2) is 36.0 Å². The van der Waals surface area contributed by atoms with Crippen molar-refractivity contribution in [1.82, 2.24) is 5.32 Å². The Hall–Kier alpha value is -2.88. The maximum Gasteiger partial charge on any atom is 0.271 e. The summed E-state index contributed by atoms with van der Waals surface area (Å²) in [5.41, 5.74) is 0.135. The molecular weight excluding hydrogens is 368 g/mol. The van der Waals surface area contributed by atoms with E-state index in [1.165, 1.54) is 69.3 Å². The molecule has 0 bridgehead atoms.